The Morgan fingerprint density at radius 1 is 0.957 bits per heavy atom. The Hall–Kier alpha value is -1.26. The highest BCUT2D eigenvalue weighted by molar-refractivity contribution is 5.80. The van der Waals surface area contributed by atoms with Gasteiger partial charge in [-0.2, -0.15) is 0 Å². The Labute approximate surface area is 140 Å². The predicted molar refractivity (Wildman–Crippen MR) is 92.2 cm³/mol. The molecule has 23 heavy (non-hydrogen) atoms. The normalized spacial score (nSPS) is 20.9. The molecule has 2 rings (SSSR count). The third kappa shape index (κ3) is 5.11. The highest BCUT2D eigenvalue weighted by Crippen LogP contribution is 2.21. The van der Waals surface area contributed by atoms with Gasteiger partial charge in [0.1, 0.15) is 0 Å². The van der Waals surface area contributed by atoms with Gasteiger partial charge in [-0.1, -0.05) is 25.7 Å². The molecule has 1 saturated carbocycles. The molecule has 132 valence electrons. The van der Waals surface area contributed by atoms with E-state index in [0.29, 0.717) is 19.1 Å². The summed E-state index contributed by atoms with van der Waals surface area (Å²) in [6.45, 7) is 6.92. The molecule has 1 aliphatic heterocycles. The fourth-order valence-electron chi connectivity index (χ4n) is 3.77. The van der Waals surface area contributed by atoms with Crippen molar-refractivity contribution in [3.8, 4) is 0 Å². The van der Waals surface area contributed by atoms with Crippen LogP contribution in [0.3, 0.4) is 0 Å². The summed E-state index contributed by atoms with van der Waals surface area (Å²) < 4.78 is 0. The maximum atomic E-state index is 12.5. The van der Waals surface area contributed by atoms with Crippen LogP contribution in [-0.4, -0.2) is 54.0 Å². The van der Waals surface area contributed by atoms with E-state index >= 15 is 0 Å². The van der Waals surface area contributed by atoms with Crippen molar-refractivity contribution < 1.29 is 9.59 Å². The molecule has 1 heterocycles. The van der Waals surface area contributed by atoms with Crippen LogP contribution in [0, 0.1) is 5.92 Å². The monoisotopic (exact) mass is 323 g/mol. The van der Waals surface area contributed by atoms with E-state index in [1.165, 1.54) is 25.7 Å². The summed E-state index contributed by atoms with van der Waals surface area (Å²) in [7, 11) is 0. The lowest BCUT2D eigenvalue weighted by molar-refractivity contribution is -0.127. The second-order valence-corrected chi connectivity index (χ2v) is 6.91. The number of hydrogen-bond donors (Lipinski definition) is 1. The van der Waals surface area contributed by atoms with Crippen LogP contribution in [0.5, 0.6) is 0 Å². The van der Waals surface area contributed by atoms with Gasteiger partial charge in [-0.3, -0.25) is 4.79 Å². The van der Waals surface area contributed by atoms with E-state index in [9.17, 15) is 9.59 Å². The number of piperidine rings is 1. The first kappa shape index (κ1) is 18.1. The quantitative estimate of drug-likeness (QED) is 0.809. The zero-order chi connectivity index (χ0) is 16.7. The van der Waals surface area contributed by atoms with E-state index < -0.39 is 0 Å². The molecule has 5 heteroatoms. The van der Waals surface area contributed by atoms with Gasteiger partial charge in [0.2, 0.25) is 5.91 Å². The Morgan fingerprint density at radius 3 is 2.04 bits per heavy atom. The summed E-state index contributed by atoms with van der Waals surface area (Å²) in [5.74, 6) is 0.297. The molecular formula is C18H33N3O2. The van der Waals surface area contributed by atoms with E-state index in [-0.39, 0.29) is 17.9 Å². The van der Waals surface area contributed by atoms with Crippen LogP contribution in [0.2, 0.25) is 0 Å². The fourth-order valence-corrected chi connectivity index (χ4v) is 3.77. The first-order valence-corrected chi connectivity index (χ1v) is 9.49. The van der Waals surface area contributed by atoms with Crippen molar-refractivity contribution in [1.82, 2.24) is 15.1 Å². The molecule has 2 aliphatic rings. The number of amides is 3. The van der Waals surface area contributed by atoms with Gasteiger partial charge in [-0.25, -0.2) is 4.79 Å². The molecule has 1 aliphatic carbocycles. The molecule has 0 unspecified atom stereocenters. The Bertz CT molecular complexity index is 380. The molecule has 0 radical (unpaired) electrons. The summed E-state index contributed by atoms with van der Waals surface area (Å²) in [4.78, 5) is 28.6. The Balaban J connectivity index is 1.77. The fraction of sp³-hybridized carbons (Fsp3) is 0.889. The first-order valence-electron chi connectivity index (χ1n) is 9.49. The molecule has 2 fully saturated rings. The SMILES string of the molecule is CCN(CC)C(=O)N1CCC(C(=O)NC2CCCCCC2)CC1. The van der Waals surface area contributed by atoms with Crippen LogP contribution in [0.4, 0.5) is 4.79 Å². The smallest absolute Gasteiger partial charge is 0.319 e. The second-order valence-electron chi connectivity index (χ2n) is 6.91. The minimum absolute atomic E-state index is 0.0824. The minimum Gasteiger partial charge on any atom is -0.353 e. The van der Waals surface area contributed by atoms with E-state index in [4.69, 9.17) is 0 Å². The topological polar surface area (TPSA) is 52.7 Å². The molecule has 1 N–H and O–H groups in total. The van der Waals surface area contributed by atoms with Crippen molar-refractivity contribution in [1.29, 1.82) is 0 Å². The number of nitrogens with zero attached hydrogens (tertiary/aromatic N) is 2. The molecule has 0 aromatic heterocycles. The maximum Gasteiger partial charge on any atom is 0.319 e. The number of carbonyl (C=O) groups is 2. The van der Waals surface area contributed by atoms with Gasteiger partial charge in [-0.15, -0.1) is 0 Å². The van der Waals surface area contributed by atoms with E-state index in [0.717, 1.165) is 38.8 Å². The van der Waals surface area contributed by atoms with Crippen LogP contribution in [-0.2, 0) is 4.79 Å². The average molecular weight is 323 g/mol. The first-order chi connectivity index (χ1) is 11.2. The maximum absolute atomic E-state index is 12.5. The van der Waals surface area contributed by atoms with Crippen LogP contribution in [0.1, 0.15) is 65.2 Å². The highest BCUT2D eigenvalue weighted by atomic mass is 16.2. The van der Waals surface area contributed by atoms with Gasteiger partial charge in [0, 0.05) is 38.1 Å². The van der Waals surface area contributed by atoms with Gasteiger partial charge < -0.3 is 15.1 Å². The number of hydrogen-bond acceptors (Lipinski definition) is 2. The summed E-state index contributed by atoms with van der Waals surface area (Å²) in [6.07, 6.45) is 8.94. The van der Waals surface area contributed by atoms with Gasteiger partial charge in [-0.05, 0) is 39.5 Å². The van der Waals surface area contributed by atoms with E-state index in [1.807, 2.05) is 23.6 Å². The van der Waals surface area contributed by atoms with E-state index in [2.05, 4.69) is 5.32 Å². The summed E-state index contributed by atoms with van der Waals surface area (Å²) in [5.41, 5.74) is 0. The summed E-state index contributed by atoms with van der Waals surface area (Å²) in [6, 6.07) is 0.498. The third-order valence-corrected chi connectivity index (χ3v) is 5.37. The van der Waals surface area contributed by atoms with E-state index in [1.54, 1.807) is 0 Å². The van der Waals surface area contributed by atoms with Gasteiger partial charge in [0.25, 0.3) is 0 Å². The third-order valence-electron chi connectivity index (χ3n) is 5.37. The molecule has 1 saturated heterocycles. The highest BCUT2D eigenvalue weighted by Gasteiger charge is 2.29. The summed E-state index contributed by atoms with van der Waals surface area (Å²) >= 11 is 0. The lowest BCUT2D eigenvalue weighted by atomic mass is 9.95. The zero-order valence-electron chi connectivity index (χ0n) is 14.9. The molecule has 3 amide bonds. The van der Waals surface area contributed by atoms with Crippen LogP contribution < -0.4 is 5.32 Å². The Kier molecular flexibility index (Phi) is 7.18. The standard InChI is InChI=1S/C18H33N3O2/c1-3-20(4-2)18(23)21-13-11-15(12-14-21)17(22)19-16-9-7-5-6-8-10-16/h15-16H,3-14H2,1-2H3,(H,19,22). The average Bonchev–Trinajstić information content (AvgIpc) is 2.84. The molecule has 0 atom stereocenters. The van der Waals surface area contributed by atoms with Crippen LogP contribution in [0.15, 0.2) is 0 Å². The number of likely N-dealkylation sites (tertiary alicyclic amines) is 1. The van der Waals surface area contributed by atoms with Gasteiger partial charge >= 0.3 is 6.03 Å². The molecule has 0 aromatic carbocycles. The van der Waals surface area contributed by atoms with Crippen molar-refractivity contribution in [2.45, 2.75) is 71.3 Å². The van der Waals surface area contributed by atoms with Gasteiger partial charge in [0.15, 0.2) is 0 Å². The molecular weight excluding hydrogens is 290 g/mol. The van der Waals surface area contributed by atoms with Crippen LogP contribution >= 0.6 is 0 Å². The van der Waals surface area contributed by atoms with Crippen molar-refractivity contribution in [3.05, 3.63) is 0 Å². The largest absolute Gasteiger partial charge is 0.353 e. The lowest BCUT2D eigenvalue weighted by Crippen LogP contribution is -2.49. The zero-order valence-corrected chi connectivity index (χ0v) is 14.9. The number of rotatable bonds is 4. The minimum atomic E-state index is 0.0824. The molecule has 0 spiro atoms. The number of carbonyl (C=O) groups excluding carboxylic acids is 2. The van der Waals surface area contributed by atoms with Gasteiger partial charge in [0.05, 0.1) is 0 Å². The van der Waals surface area contributed by atoms with Crippen molar-refractivity contribution in [2.24, 2.45) is 5.92 Å². The molecule has 0 bridgehead atoms. The van der Waals surface area contributed by atoms with Crippen LogP contribution in [0.25, 0.3) is 0 Å². The number of nitrogens with one attached hydrogen (secondary N) is 1. The Morgan fingerprint density at radius 2 is 1.52 bits per heavy atom. The second kappa shape index (κ2) is 9.14. The lowest BCUT2D eigenvalue weighted by Gasteiger charge is -2.35. The van der Waals surface area contributed by atoms with Crippen molar-refractivity contribution in [2.75, 3.05) is 26.2 Å². The van der Waals surface area contributed by atoms with Crippen molar-refractivity contribution in [3.63, 3.8) is 0 Å². The predicted octanol–water partition coefficient (Wildman–Crippen LogP) is 3.00. The summed E-state index contributed by atoms with van der Waals surface area (Å²) in [5, 5.41) is 3.26. The molecule has 0 aromatic rings. The number of urea groups is 1. The van der Waals surface area contributed by atoms with Crippen molar-refractivity contribution >= 4 is 11.9 Å². The molecule has 5 nitrogen and oxygen atoms in total.